The van der Waals surface area contributed by atoms with Gasteiger partial charge in [0.15, 0.2) is 6.10 Å². The molecule has 0 radical (unpaired) electrons. The molecule has 1 atom stereocenters. The van der Waals surface area contributed by atoms with Crippen LogP contribution in [0.15, 0.2) is 66.7 Å². The first kappa shape index (κ1) is 30.9. The van der Waals surface area contributed by atoms with Gasteiger partial charge in [-0.15, -0.1) is 0 Å². The molecule has 0 fully saturated rings. The number of hydrogen-bond donors (Lipinski definition) is 1. The fourth-order valence-electron chi connectivity index (χ4n) is 4.67. The zero-order valence-electron chi connectivity index (χ0n) is 23.1. The molecule has 1 N–H and O–H groups in total. The van der Waals surface area contributed by atoms with Crippen molar-refractivity contribution in [3.63, 3.8) is 0 Å². The highest BCUT2D eigenvalue weighted by molar-refractivity contribution is 5.94. The topological polar surface area (TPSA) is 63.6 Å². The first-order valence-corrected chi connectivity index (χ1v) is 14.0. The molecule has 1 unspecified atom stereocenters. The number of aromatic carboxylic acids is 1. The lowest BCUT2D eigenvalue weighted by molar-refractivity contribution is -0.204. The van der Waals surface area contributed by atoms with Gasteiger partial charge < -0.3 is 9.84 Å². The predicted molar refractivity (Wildman–Crippen MR) is 152 cm³/mol. The Hall–Kier alpha value is -3.61. The average molecular weight is 555 g/mol. The minimum Gasteiger partial charge on any atom is -0.478 e. The Labute approximate surface area is 234 Å². The zero-order valence-corrected chi connectivity index (χ0v) is 23.1. The summed E-state index contributed by atoms with van der Waals surface area (Å²) in [4.78, 5) is 24.0. The Balaban J connectivity index is 1.77. The number of ether oxygens (including phenoxy) is 1. The Morgan fingerprint density at radius 2 is 1.30 bits per heavy atom. The van der Waals surface area contributed by atoms with Crippen LogP contribution in [-0.2, 0) is 11.2 Å². The first-order chi connectivity index (χ1) is 19.1. The summed E-state index contributed by atoms with van der Waals surface area (Å²) in [6.07, 6.45) is 2.57. The summed E-state index contributed by atoms with van der Waals surface area (Å²) in [5.41, 5.74) is 4.32. The molecule has 0 saturated carbocycles. The van der Waals surface area contributed by atoms with Crippen molar-refractivity contribution in [2.45, 2.75) is 83.9 Å². The zero-order chi connectivity index (χ0) is 29.1. The second-order valence-electron chi connectivity index (χ2n) is 10.1. The van der Waals surface area contributed by atoms with Gasteiger partial charge in [0, 0.05) is 0 Å². The van der Waals surface area contributed by atoms with Crippen molar-refractivity contribution in [1.29, 1.82) is 0 Å². The maximum Gasteiger partial charge on any atom is 0.425 e. The summed E-state index contributed by atoms with van der Waals surface area (Å²) >= 11 is 0. The monoisotopic (exact) mass is 554 g/mol. The van der Waals surface area contributed by atoms with Crippen molar-refractivity contribution in [2.24, 2.45) is 0 Å². The summed E-state index contributed by atoms with van der Waals surface area (Å²) in [6, 6.07) is 19.0. The number of esters is 1. The van der Waals surface area contributed by atoms with Gasteiger partial charge in [0.05, 0.1) is 11.1 Å². The number of hydrogen-bond acceptors (Lipinski definition) is 3. The molecule has 4 nitrogen and oxygen atoms in total. The van der Waals surface area contributed by atoms with Gasteiger partial charge in [-0.2, -0.15) is 13.2 Å². The van der Waals surface area contributed by atoms with E-state index in [0.717, 1.165) is 24.0 Å². The Morgan fingerprint density at radius 3 is 1.88 bits per heavy atom. The van der Waals surface area contributed by atoms with Crippen LogP contribution >= 0.6 is 0 Å². The van der Waals surface area contributed by atoms with E-state index in [2.05, 4.69) is 23.8 Å². The van der Waals surface area contributed by atoms with Crippen molar-refractivity contribution >= 4 is 11.9 Å². The fourth-order valence-corrected chi connectivity index (χ4v) is 4.67. The highest BCUT2D eigenvalue weighted by atomic mass is 19.4. The van der Waals surface area contributed by atoms with E-state index in [4.69, 9.17) is 0 Å². The number of carboxylic acid groups (broad SMARTS) is 1. The van der Waals surface area contributed by atoms with E-state index in [9.17, 15) is 27.9 Å². The standard InChI is InChI=1S/C33H37F3O4/c1-3-5-6-7-8-9-10-11-23-12-14-24(15-13-23)28-21-20-27(31(37)38)22-29(28)25-16-18-26(19-17-25)32(39)40-30(4-2)33(34,35)36/h12-22,30H,3-11H2,1-2H3,(H,37,38). The van der Waals surface area contributed by atoms with E-state index in [1.54, 1.807) is 30.3 Å². The molecular weight excluding hydrogens is 517 g/mol. The molecule has 40 heavy (non-hydrogen) atoms. The molecular formula is C33H37F3O4. The number of alkyl halides is 3. The Bertz CT molecular complexity index is 1250. The van der Waals surface area contributed by atoms with Gasteiger partial charge in [-0.05, 0) is 71.3 Å². The maximum atomic E-state index is 13.0. The minimum atomic E-state index is -4.64. The van der Waals surface area contributed by atoms with E-state index >= 15 is 0 Å². The van der Waals surface area contributed by atoms with Crippen LogP contribution in [0, 0.1) is 0 Å². The van der Waals surface area contributed by atoms with Crippen LogP contribution in [0.3, 0.4) is 0 Å². The van der Waals surface area contributed by atoms with Crippen molar-refractivity contribution in [1.82, 2.24) is 0 Å². The van der Waals surface area contributed by atoms with Crippen LogP contribution in [0.25, 0.3) is 22.3 Å². The highest BCUT2D eigenvalue weighted by Crippen LogP contribution is 2.34. The molecule has 0 spiro atoms. The van der Waals surface area contributed by atoms with Gasteiger partial charge in [0.1, 0.15) is 0 Å². The molecule has 0 aliphatic rings. The lowest BCUT2D eigenvalue weighted by Crippen LogP contribution is -2.33. The van der Waals surface area contributed by atoms with Crippen molar-refractivity contribution in [2.75, 3.05) is 0 Å². The number of carboxylic acids is 1. The maximum absolute atomic E-state index is 13.0. The summed E-state index contributed by atoms with van der Waals surface area (Å²) in [6.45, 7) is 3.52. The van der Waals surface area contributed by atoms with Crippen LogP contribution in [0.2, 0.25) is 0 Å². The summed E-state index contributed by atoms with van der Waals surface area (Å²) in [5.74, 6) is -2.14. The summed E-state index contributed by atoms with van der Waals surface area (Å²) in [5, 5.41) is 9.55. The van der Waals surface area contributed by atoms with E-state index in [-0.39, 0.29) is 17.5 Å². The number of benzene rings is 3. The fraction of sp³-hybridized carbons (Fsp3) is 0.394. The second kappa shape index (κ2) is 14.7. The lowest BCUT2D eigenvalue weighted by Gasteiger charge is -2.19. The van der Waals surface area contributed by atoms with Crippen LogP contribution in [0.1, 0.15) is 91.5 Å². The molecule has 0 aromatic heterocycles. The average Bonchev–Trinajstić information content (AvgIpc) is 2.94. The molecule has 3 aromatic rings. The van der Waals surface area contributed by atoms with Crippen LogP contribution in [-0.4, -0.2) is 29.3 Å². The third-order valence-electron chi connectivity index (χ3n) is 7.02. The molecule has 0 aliphatic heterocycles. The van der Waals surface area contributed by atoms with Crippen LogP contribution in [0.5, 0.6) is 0 Å². The number of rotatable bonds is 14. The van der Waals surface area contributed by atoms with Gasteiger partial charge in [0.2, 0.25) is 0 Å². The van der Waals surface area contributed by atoms with Crippen molar-refractivity contribution in [3.05, 3.63) is 83.4 Å². The van der Waals surface area contributed by atoms with E-state index in [0.29, 0.717) is 11.1 Å². The molecule has 7 heteroatoms. The largest absolute Gasteiger partial charge is 0.478 e. The number of unbranched alkanes of at least 4 members (excludes halogenated alkanes) is 6. The highest BCUT2D eigenvalue weighted by Gasteiger charge is 2.41. The van der Waals surface area contributed by atoms with Crippen LogP contribution in [0.4, 0.5) is 13.2 Å². The molecule has 0 bridgehead atoms. The first-order valence-electron chi connectivity index (χ1n) is 14.0. The van der Waals surface area contributed by atoms with E-state index in [1.165, 1.54) is 63.1 Å². The Kier molecular flexibility index (Phi) is 11.4. The quantitative estimate of drug-likeness (QED) is 0.159. The van der Waals surface area contributed by atoms with Gasteiger partial charge in [-0.1, -0.05) is 94.8 Å². The molecule has 0 saturated heterocycles. The van der Waals surface area contributed by atoms with Crippen molar-refractivity contribution < 1.29 is 32.6 Å². The minimum absolute atomic E-state index is 0.0166. The van der Waals surface area contributed by atoms with E-state index < -0.39 is 24.2 Å². The number of halogens is 3. The molecule has 3 rings (SSSR count). The third-order valence-corrected chi connectivity index (χ3v) is 7.02. The van der Waals surface area contributed by atoms with Crippen molar-refractivity contribution in [3.8, 4) is 22.3 Å². The number of carbonyl (C=O) groups excluding carboxylic acids is 1. The van der Waals surface area contributed by atoms with Gasteiger partial charge in [-0.3, -0.25) is 0 Å². The normalized spacial score (nSPS) is 12.2. The SMILES string of the molecule is CCCCCCCCCc1ccc(-c2ccc(C(=O)O)cc2-c2ccc(C(=O)OC(CC)C(F)(F)F)cc2)cc1. The molecule has 3 aromatic carbocycles. The lowest BCUT2D eigenvalue weighted by atomic mass is 9.91. The molecule has 0 heterocycles. The second-order valence-corrected chi connectivity index (χ2v) is 10.1. The molecule has 214 valence electrons. The molecule has 0 amide bonds. The third kappa shape index (κ3) is 8.70. The Morgan fingerprint density at radius 1 is 0.750 bits per heavy atom. The van der Waals surface area contributed by atoms with Crippen LogP contribution < -0.4 is 0 Å². The predicted octanol–water partition coefficient (Wildman–Crippen LogP) is 9.51. The number of aryl methyl sites for hydroxylation is 1. The molecule has 0 aliphatic carbocycles. The summed E-state index contributed by atoms with van der Waals surface area (Å²) in [7, 11) is 0. The van der Waals surface area contributed by atoms with E-state index in [1.807, 2.05) is 12.1 Å². The van der Waals surface area contributed by atoms with Gasteiger partial charge in [0.25, 0.3) is 0 Å². The van der Waals surface area contributed by atoms with Gasteiger partial charge in [-0.25, -0.2) is 9.59 Å². The van der Waals surface area contributed by atoms with Gasteiger partial charge >= 0.3 is 18.1 Å². The number of carbonyl (C=O) groups is 2. The summed E-state index contributed by atoms with van der Waals surface area (Å²) < 4.78 is 43.7. The smallest absolute Gasteiger partial charge is 0.425 e.